The first-order valence-corrected chi connectivity index (χ1v) is 8.70. The Bertz CT molecular complexity index is 339. The van der Waals surface area contributed by atoms with E-state index in [0.29, 0.717) is 13.0 Å². The van der Waals surface area contributed by atoms with Gasteiger partial charge in [-0.05, 0) is 38.9 Å². The lowest BCUT2D eigenvalue weighted by Gasteiger charge is -2.23. The van der Waals surface area contributed by atoms with Gasteiger partial charge < -0.3 is 14.5 Å². The molecule has 0 aromatic heterocycles. The van der Waals surface area contributed by atoms with Crippen LogP contribution >= 0.6 is 0 Å². The number of esters is 1. The lowest BCUT2D eigenvalue weighted by Crippen LogP contribution is -2.32. The first kappa shape index (κ1) is 18.9. The monoisotopic (exact) mass is 312 g/mol. The number of methoxy groups -OCH3 is 1. The van der Waals surface area contributed by atoms with Crippen LogP contribution in [-0.4, -0.2) is 61.5 Å². The van der Waals surface area contributed by atoms with Gasteiger partial charge in [0.25, 0.3) is 0 Å². The van der Waals surface area contributed by atoms with E-state index in [4.69, 9.17) is 4.74 Å². The van der Waals surface area contributed by atoms with Crippen molar-refractivity contribution in [3.63, 3.8) is 0 Å². The van der Waals surface area contributed by atoms with Crippen molar-refractivity contribution in [2.24, 2.45) is 5.92 Å². The molecule has 128 valence electrons. The molecule has 0 N–H and O–H groups in total. The second-order valence-corrected chi connectivity index (χ2v) is 6.17. The molecule has 5 nitrogen and oxygen atoms in total. The summed E-state index contributed by atoms with van der Waals surface area (Å²) in [5.74, 6) is -0.443. The van der Waals surface area contributed by atoms with E-state index in [1.807, 2.05) is 4.90 Å². The van der Waals surface area contributed by atoms with E-state index in [1.165, 1.54) is 32.8 Å². The Morgan fingerprint density at radius 3 is 2.32 bits per heavy atom. The summed E-state index contributed by atoms with van der Waals surface area (Å²) in [6.45, 7) is 9.04. The lowest BCUT2D eigenvalue weighted by atomic mass is 10.1. The van der Waals surface area contributed by atoms with Gasteiger partial charge >= 0.3 is 5.97 Å². The Labute approximate surface area is 135 Å². The van der Waals surface area contributed by atoms with E-state index in [9.17, 15) is 9.59 Å². The van der Waals surface area contributed by atoms with E-state index >= 15 is 0 Å². The highest BCUT2D eigenvalue weighted by atomic mass is 16.5. The Balaban J connectivity index is 2.31. The molecule has 1 aliphatic heterocycles. The highest BCUT2D eigenvalue weighted by Crippen LogP contribution is 2.19. The molecule has 1 aliphatic rings. The number of carbonyl (C=O) groups excluding carboxylic acids is 2. The second kappa shape index (κ2) is 10.6. The predicted molar refractivity (Wildman–Crippen MR) is 87.6 cm³/mol. The average Bonchev–Trinajstić information content (AvgIpc) is 2.89. The molecule has 1 fully saturated rings. The summed E-state index contributed by atoms with van der Waals surface area (Å²) in [6.07, 6.45) is 6.19. The normalized spacial score (nSPS) is 18.3. The van der Waals surface area contributed by atoms with Gasteiger partial charge in [0.15, 0.2) is 0 Å². The van der Waals surface area contributed by atoms with E-state index in [2.05, 4.69) is 18.7 Å². The fraction of sp³-hybridized carbons (Fsp3) is 0.882. The molecule has 1 unspecified atom stereocenters. The minimum absolute atomic E-state index is 0.0871. The van der Waals surface area contributed by atoms with Crippen LogP contribution in [0.25, 0.3) is 0 Å². The molecule has 1 atom stereocenters. The summed E-state index contributed by atoms with van der Waals surface area (Å²) in [4.78, 5) is 27.8. The van der Waals surface area contributed by atoms with Crippen LogP contribution in [0.5, 0.6) is 0 Å². The third-order valence-corrected chi connectivity index (χ3v) is 4.31. The molecular weight excluding hydrogens is 280 g/mol. The number of hydrogen-bond acceptors (Lipinski definition) is 4. The van der Waals surface area contributed by atoms with Gasteiger partial charge in [0.1, 0.15) is 0 Å². The number of unbranched alkanes of at least 4 members (excludes halogenated alkanes) is 2. The quantitative estimate of drug-likeness (QED) is 0.549. The van der Waals surface area contributed by atoms with Crippen LogP contribution in [0.1, 0.15) is 52.4 Å². The number of hydrogen-bond donors (Lipinski definition) is 0. The van der Waals surface area contributed by atoms with Gasteiger partial charge in [0.2, 0.25) is 5.91 Å². The summed E-state index contributed by atoms with van der Waals surface area (Å²) in [5.41, 5.74) is 0. The van der Waals surface area contributed by atoms with Crippen molar-refractivity contribution >= 4 is 11.9 Å². The largest absolute Gasteiger partial charge is 0.469 e. The molecule has 0 aromatic carbocycles. The summed E-state index contributed by atoms with van der Waals surface area (Å²) < 4.78 is 4.74. The van der Waals surface area contributed by atoms with Gasteiger partial charge in [0, 0.05) is 19.5 Å². The van der Waals surface area contributed by atoms with Gasteiger partial charge in [-0.2, -0.15) is 0 Å². The maximum Gasteiger partial charge on any atom is 0.310 e. The molecular formula is C17H32N2O3. The number of carbonyl (C=O) groups is 2. The van der Waals surface area contributed by atoms with Crippen LogP contribution < -0.4 is 0 Å². The molecule has 0 radical (unpaired) electrons. The van der Waals surface area contributed by atoms with Gasteiger partial charge in [0.05, 0.1) is 13.0 Å². The van der Waals surface area contributed by atoms with Crippen LogP contribution in [-0.2, 0) is 14.3 Å². The standard InChI is InChI=1S/C17H32N2O3/c1-4-6-9-18(10-7-5-2)11-8-12-19-14-15(13-16(19)20)17(21)22-3/h15H,4-14H2,1-3H3. The van der Waals surface area contributed by atoms with Crippen molar-refractivity contribution in [2.75, 3.05) is 39.8 Å². The summed E-state index contributed by atoms with van der Waals surface area (Å²) in [6, 6.07) is 0. The van der Waals surface area contributed by atoms with Crippen molar-refractivity contribution in [2.45, 2.75) is 52.4 Å². The molecule has 0 spiro atoms. The van der Waals surface area contributed by atoms with Gasteiger partial charge in [-0.1, -0.05) is 26.7 Å². The van der Waals surface area contributed by atoms with Gasteiger partial charge in [-0.3, -0.25) is 9.59 Å². The molecule has 1 saturated heterocycles. The Hall–Kier alpha value is -1.10. The number of likely N-dealkylation sites (tertiary alicyclic amines) is 1. The molecule has 0 aliphatic carbocycles. The maximum absolute atomic E-state index is 11.9. The molecule has 22 heavy (non-hydrogen) atoms. The number of nitrogens with zero attached hydrogens (tertiary/aromatic N) is 2. The third-order valence-electron chi connectivity index (χ3n) is 4.31. The molecule has 5 heteroatoms. The topological polar surface area (TPSA) is 49.9 Å². The smallest absolute Gasteiger partial charge is 0.310 e. The average molecular weight is 312 g/mol. The zero-order chi connectivity index (χ0) is 16.4. The number of amides is 1. The zero-order valence-corrected chi connectivity index (χ0v) is 14.5. The second-order valence-electron chi connectivity index (χ2n) is 6.17. The first-order valence-electron chi connectivity index (χ1n) is 8.70. The van der Waals surface area contributed by atoms with E-state index in [0.717, 1.165) is 32.6 Å². The molecule has 0 bridgehead atoms. The fourth-order valence-electron chi connectivity index (χ4n) is 2.90. The highest BCUT2D eigenvalue weighted by molar-refractivity contribution is 5.86. The fourth-order valence-corrected chi connectivity index (χ4v) is 2.90. The van der Waals surface area contributed by atoms with Gasteiger partial charge in [-0.25, -0.2) is 0 Å². The van der Waals surface area contributed by atoms with E-state index in [-0.39, 0.29) is 17.8 Å². The Morgan fingerprint density at radius 2 is 1.77 bits per heavy atom. The third kappa shape index (κ3) is 6.34. The number of rotatable bonds is 11. The van der Waals surface area contributed by atoms with Crippen LogP contribution in [0.3, 0.4) is 0 Å². The molecule has 0 aromatic rings. The molecule has 1 heterocycles. The Morgan fingerprint density at radius 1 is 1.18 bits per heavy atom. The van der Waals surface area contributed by atoms with Crippen molar-refractivity contribution < 1.29 is 14.3 Å². The molecule has 1 amide bonds. The number of ether oxygens (including phenoxy) is 1. The lowest BCUT2D eigenvalue weighted by molar-refractivity contribution is -0.145. The van der Waals surface area contributed by atoms with Crippen LogP contribution in [0.2, 0.25) is 0 Å². The summed E-state index contributed by atoms with van der Waals surface area (Å²) in [5, 5.41) is 0. The van der Waals surface area contributed by atoms with Crippen molar-refractivity contribution in [3.05, 3.63) is 0 Å². The van der Waals surface area contributed by atoms with Crippen molar-refractivity contribution in [3.8, 4) is 0 Å². The maximum atomic E-state index is 11.9. The first-order chi connectivity index (χ1) is 10.6. The summed E-state index contributed by atoms with van der Waals surface area (Å²) >= 11 is 0. The summed E-state index contributed by atoms with van der Waals surface area (Å²) in [7, 11) is 1.38. The van der Waals surface area contributed by atoms with E-state index < -0.39 is 0 Å². The van der Waals surface area contributed by atoms with E-state index in [1.54, 1.807) is 0 Å². The SMILES string of the molecule is CCCCN(CCCC)CCCN1CC(C(=O)OC)CC1=O. The minimum atomic E-state index is -0.270. The predicted octanol–water partition coefficient (Wildman–Crippen LogP) is 2.30. The zero-order valence-electron chi connectivity index (χ0n) is 14.5. The molecule has 1 rings (SSSR count). The van der Waals surface area contributed by atoms with Crippen molar-refractivity contribution in [1.29, 1.82) is 0 Å². The van der Waals surface area contributed by atoms with Crippen LogP contribution in [0.15, 0.2) is 0 Å². The van der Waals surface area contributed by atoms with Crippen LogP contribution in [0, 0.1) is 5.92 Å². The Kier molecular flexibility index (Phi) is 9.13. The highest BCUT2D eigenvalue weighted by Gasteiger charge is 2.34. The minimum Gasteiger partial charge on any atom is -0.469 e. The van der Waals surface area contributed by atoms with Crippen LogP contribution in [0.4, 0.5) is 0 Å². The van der Waals surface area contributed by atoms with Crippen molar-refractivity contribution in [1.82, 2.24) is 9.80 Å². The van der Waals surface area contributed by atoms with Gasteiger partial charge in [-0.15, -0.1) is 0 Å². The molecule has 0 saturated carbocycles.